The lowest BCUT2D eigenvalue weighted by Crippen LogP contribution is -2.26. The molecule has 2 heterocycles. The van der Waals surface area contributed by atoms with E-state index in [2.05, 4.69) is 15.0 Å². The monoisotopic (exact) mass is 517 g/mol. The van der Waals surface area contributed by atoms with Crippen LogP contribution in [0.5, 0.6) is 5.75 Å². The lowest BCUT2D eigenvalue weighted by molar-refractivity contribution is -0.0151. The molecule has 3 aromatic rings. The summed E-state index contributed by atoms with van der Waals surface area (Å²) in [4.78, 5) is 13.0. The maximum Gasteiger partial charge on any atom is 0.356 e. The van der Waals surface area contributed by atoms with Crippen LogP contribution < -0.4 is 10.5 Å². The van der Waals surface area contributed by atoms with E-state index < -0.39 is 13.2 Å². The van der Waals surface area contributed by atoms with E-state index in [-0.39, 0.29) is 37.6 Å². The normalized spacial score (nSPS) is 25.2. The molecule has 0 bridgehead atoms. The van der Waals surface area contributed by atoms with Crippen LogP contribution in [-0.2, 0) is 29.7 Å². The minimum absolute atomic E-state index is 0.0823. The maximum atomic E-state index is 13.0. The van der Waals surface area contributed by atoms with E-state index in [0.29, 0.717) is 30.0 Å². The molecule has 0 radical (unpaired) electrons. The van der Waals surface area contributed by atoms with Crippen molar-refractivity contribution < 1.29 is 27.8 Å². The first-order chi connectivity index (χ1) is 17.4. The van der Waals surface area contributed by atoms with Gasteiger partial charge in [0.15, 0.2) is 11.5 Å². The highest BCUT2D eigenvalue weighted by Gasteiger charge is 2.68. The topological polar surface area (TPSA) is 133 Å². The molecule has 194 valence electrons. The Kier molecular flexibility index (Phi) is 7.02. The third-order valence-corrected chi connectivity index (χ3v) is 8.66. The molecule has 2 aromatic heterocycles. The van der Waals surface area contributed by atoms with Crippen LogP contribution >= 0.6 is 7.60 Å². The van der Waals surface area contributed by atoms with Crippen LogP contribution in [0.25, 0.3) is 11.2 Å². The van der Waals surface area contributed by atoms with Crippen molar-refractivity contribution in [2.75, 3.05) is 32.4 Å². The highest BCUT2D eigenvalue weighted by atomic mass is 31.2. The molecule has 0 spiro atoms. The van der Waals surface area contributed by atoms with Gasteiger partial charge in [0.1, 0.15) is 23.9 Å². The van der Waals surface area contributed by atoms with Crippen LogP contribution in [0, 0.1) is 5.92 Å². The summed E-state index contributed by atoms with van der Waals surface area (Å²) in [6.45, 7) is 4.57. The van der Waals surface area contributed by atoms with Crippen molar-refractivity contribution in [3.63, 3.8) is 0 Å². The number of ether oxygens (including phenoxy) is 3. The van der Waals surface area contributed by atoms with Crippen LogP contribution in [0.3, 0.4) is 0 Å². The number of fused-ring (bicyclic) bond motifs is 2. The molecule has 2 saturated carbocycles. The number of hydrogen-bond donors (Lipinski definition) is 1. The molecule has 2 N–H and O–H groups in total. The summed E-state index contributed by atoms with van der Waals surface area (Å²) in [5.74, 6) is 1.25. The Morgan fingerprint density at radius 1 is 1.11 bits per heavy atom. The zero-order chi connectivity index (χ0) is 25.3. The standard InChI is InChI=1S/C24H32N5O6P/c1-4-34-36(30,35-5-2)15-33-24-10-18(24)21(29-14-28-20-22(25)26-13-27-23(20)29)19(11-24)32-12-16-6-8-17(31-3)9-7-16/h6-9,13-14,18-19,21H,4-5,10-12,15H2,1-3H3,(H2,25,26,27)/t18-,19?,21-,24-/m1/s1. The van der Waals surface area contributed by atoms with E-state index in [1.54, 1.807) is 27.3 Å². The van der Waals surface area contributed by atoms with Gasteiger partial charge in [-0.1, -0.05) is 12.1 Å². The highest BCUT2D eigenvalue weighted by molar-refractivity contribution is 7.53. The van der Waals surface area contributed by atoms with Gasteiger partial charge in [0.05, 0.1) is 51.0 Å². The lowest BCUT2D eigenvalue weighted by atomic mass is 10.1. The largest absolute Gasteiger partial charge is 0.497 e. The summed E-state index contributed by atoms with van der Waals surface area (Å²) in [7, 11) is -1.69. The first-order valence-electron chi connectivity index (χ1n) is 12.1. The van der Waals surface area contributed by atoms with Crippen molar-refractivity contribution in [3.8, 4) is 5.75 Å². The van der Waals surface area contributed by atoms with Gasteiger partial charge in [-0.3, -0.25) is 4.57 Å². The zero-order valence-corrected chi connectivity index (χ0v) is 21.6. The quantitative estimate of drug-likeness (QED) is 0.352. The predicted octanol–water partition coefficient (Wildman–Crippen LogP) is 3.95. The van der Waals surface area contributed by atoms with Gasteiger partial charge < -0.3 is 33.6 Å². The van der Waals surface area contributed by atoms with Gasteiger partial charge in [0, 0.05) is 12.3 Å². The summed E-state index contributed by atoms with van der Waals surface area (Å²) < 4.78 is 43.9. The molecule has 2 aliphatic carbocycles. The first-order valence-corrected chi connectivity index (χ1v) is 13.8. The predicted molar refractivity (Wildman–Crippen MR) is 133 cm³/mol. The molecule has 0 saturated heterocycles. The number of nitrogen functional groups attached to an aromatic ring is 1. The number of nitrogens with zero attached hydrogens (tertiary/aromatic N) is 4. The van der Waals surface area contributed by atoms with Crippen LogP contribution in [0.15, 0.2) is 36.9 Å². The Balaban J connectivity index is 1.39. The smallest absolute Gasteiger partial charge is 0.356 e. The van der Waals surface area contributed by atoms with Crippen LogP contribution in [0.1, 0.15) is 38.3 Å². The van der Waals surface area contributed by atoms with Crippen molar-refractivity contribution in [2.24, 2.45) is 5.92 Å². The lowest BCUT2D eigenvalue weighted by Gasteiger charge is -2.25. The van der Waals surface area contributed by atoms with E-state index in [4.69, 9.17) is 29.0 Å². The van der Waals surface area contributed by atoms with Crippen molar-refractivity contribution in [2.45, 2.75) is 51.0 Å². The van der Waals surface area contributed by atoms with E-state index >= 15 is 0 Å². The molecule has 2 fully saturated rings. The number of methoxy groups -OCH3 is 1. The third kappa shape index (κ3) is 4.73. The third-order valence-electron chi connectivity index (χ3n) is 6.91. The molecular formula is C24H32N5O6P. The molecule has 12 heteroatoms. The Morgan fingerprint density at radius 3 is 2.56 bits per heavy atom. The molecule has 2 aliphatic rings. The van der Waals surface area contributed by atoms with E-state index in [9.17, 15) is 4.57 Å². The van der Waals surface area contributed by atoms with Crippen molar-refractivity contribution in [3.05, 3.63) is 42.5 Å². The Morgan fingerprint density at radius 2 is 1.86 bits per heavy atom. The van der Waals surface area contributed by atoms with Crippen LogP contribution in [0.4, 0.5) is 5.82 Å². The first kappa shape index (κ1) is 25.1. The van der Waals surface area contributed by atoms with E-state index in [0.717, 1.165) is 17.7 Å². The van der Waals surface area contributed by atoms with Crippen LogP contribution in [-0.4, -0.2) is 57.9 Å². The minimum Gasteiger partial charge on any atom is -0.497 e. The van der Waals surface area contributed by atoms with Gasteiger partial charge in [-0.15, -0.1) is 0 Å². The second kappa shape index (κ2) is 10.1. The molecule has 1 unspecified atom stereocenters. The second-order valence-corrected chi connectivity index (χ2v) is 11.1. The summed E-state index contributed by atoms with van der Waals surface area (Å²) in [6, 6.07) is 7.71. The SMILES string of the molecule is CCOP(=O)(CO[C@]12CC(OCc3ccc(OC)cc3)[C@H](n3cnc4c(N)ncnc43)[C@H]1C2)OCC. The van der Waals surface area contributed by atoms with Gasteiger partial charge in [0.25, 0.3) is 0 Å². The maximum absolute atomic E-state index is 13.0. The second-order valence-electron chi connectivity index (χ2n) is 9.07. The van der Waals surface area contributed by atoms with Gasteiger partial charge in [-0.25, -0.2) is 15.0 Å². The number of nitrogens with two attached hydrogens (primary N) is 1. The summed E-state index contributed by atoms with van der Waals surface area (Å²) in [5, 5.41) is 0. The Labute approximate surface area is 209 Å². The number of aromatic nitrogens is 4. The van der Waals surface area contributed by atoms with Crippen molar-refractivity contribution in [1.82, 2.24) is 19.5 Å². The number of imidazole rings is 1. The van der Waals surface area contributed by atoms with Crippen molar-refractivity contribution >= 4 is 24.6 Å². The number of hydrogen-bond acceptors (Lipinski definition) is 10. The molecule has 4 atom stereocenters. The molecule has 36 heavy (non-hydrogen) atoms. The molecule has 1 aromatic carbocycles. The fraction of sp³-hybridized carbons (Fsp3) is 0.542. The molecule has 0 amide bonds. The number of rotatable bonds is 12. The fourth-order valence-corrected chi connectivity index (χ4v) is 6.61. The molecule has 11 nitrogen and oxygen atoms in total. The van der Waals surface area contributed by atoms with Crippen LogP contribution in [0.2, 0.25) is 0 Å². The average molecular weight is 518 g/mol. The Hall–Kier alpha value is -2.56. The molecular weight excluding hydrogens is 485 g/mol. The number of benzene rings is 1. The van der Waals surface area contributed by atoms with Gasteiger partial charge in [0.2, 0.25) is 0 Å². The van der Waals surface area contributed by atoms with E-state index in [1.807, 2.05) is 28.8 Å². The minimum atomic E-state index is -3.34. The Bertz CT molecular complexity index is 1240. The summed E-state index contributed by atoms with van der Waals surface area (Å²) in [5.41, 5.74) is 7.80. The van der Waals surface area contributed by atoms with Gasteiger partial charge >= 0.3 is 7.60 Å². The average Bonchev–Trinajstić information content (AvgIpc) is 3.24. The zero-order valence-electron chi connectivity index (χ0n) is 20.7. The summed E-state index contributed by atoms with van der Waals surface area (Å²) >= 11 is 0. The number of anilines is 1. The summed E-state index contributed by atoms with van der Waals surface area (Å²) in [6.07, 6.45) is 4.34. The molecule has 5 rings (SSSR count). The molecule has 0 aliphatic heterocycles. The highest BCUT2D eigenvalue weighted by Crippen LogP contribution is 2.65. The van der Waals surface area contributed by atoms with E-state index in [1.165, 1.54) is 6.33 Å². The fourth-order valence-electron chi connectivity index (χ4n) is 5.18. The van der Waals surface area contributed by atoms with Gasteiger partial charge in [-0.2, -0.15) is 0 Å². The van der Waals surface area contributed by atoms with Gasteiger partial charge in [-0.05, 0) is 38.0 Å². The van der Waals surface area contributed by atoms with Crippen molar-refractivity contribution in [1.29, 1.82) is 0 Å².